The second-order valence-electron chi connectivity index (χ2n) is 33.0. The number of aryl methyl sites for hydroxylation is 16. The Morgan fingerprint density at radius 2 is 1.03 bits per heavy atom. The van der Waals surface area contributed by atoms with Gasteiger partial charge in [-0.1, -0.05) is 108 Å². The van der Waals surface area contributed by atoms with Crippen molar-refractivity contribution in [2.75, 3.05) is 23.7 Å². The van der Waals surface area contributed by atoms with E-state index in [0.717, 1.165) is 118 Å². The van der Waals surface area contributed by atoms with Crippen molar-refractivity contribution in [2.24, 2.45) is 4.99 Å². The summed E-state index contributed by atoms with van der Waals surface area (Å²) in [5.41, 5.74) is 36.8. The highest BCUT2D eigenvalue weighted by Gasteiger charge is 2.21. The molecule has 15 heterocycles. The largest absolute Gasteiger partial charge is 0.448 e. The van der Waals surface area contributed by atoms with Gasteiger partial charge in [-0.15, -0.1) is 16.4 Å². The molecular formula is C104H114N24O2S. The zero-order valence-electron chi connectivity index (χ0n) is 74.3. The van der Waals surface area contributed by atoms with Crippen molar-refractivity contribution in [1.29, 1.82) is 0 Å². The van der Waals surface area contributed by atoms with Gasteiger partial charge in [-0.05, 0) is 262 Å². The lowest BCUT2D eigenvalue weighted by Crippen LogP contribution is -2.24. The highest BCUT2D eigenvalue weighted by atomic mass is 32.1. The lowest BCUT2D eigenvalue weighted by atomic mass is 10.2. The normalized spacial score (nSPS) is 15.3. The van der Waals surface area contributed by atoms with Crippen LogP contribution in [-0.2, 0) is 103 Å². The molecule has 0 amide bonds. The summed E-state index contributed by atoms with van der Waals surface area (Å²) in [6.07, 6.45) is 67.6. The fraction of sp³-hybridized carbons (Fsp3) is 0.308. The Kier molecular flexibility index (Phi) is 33.6. The molecule has 668 valence electrons. The molecule has 8 N–H and O–H groups in total. The summed E-state index contributed by atoms with van der Waals surface area (Å²) in [6, 6.07) is 48.7. The third kappa shape index (κ3) is 26.8. The summed E-state index contributed by atoms with van der Waals surface area (Å²) >= 11 is 1.80. The molecule has 5 aromatic carbocycles. The minimum absolute atomic E-state index is 0.963. The minimum atomic E-state index is 0.963. The third-order valence-electron chi connectivity index (χ3n) is 24.2. The van der Waals surface area contributed by atoms with E-state index in [-0.39, 0.29) is 0 Å². The van der Waals surface area contributed by atoms with Crippen LogP contribution >= 0.6 is 11.3 Å². The second kappa shape index (κ2) is 48.8. The maximum absolute atomic E-state index is 5.06. The molecule has 0 bridgehead atoms. The maximum Gasteiger partial charge on any atom is 0.181 e. The Labute approximate surface area is 767 Å². The van der Waals surface area contributed by atoms with E-state index in [1.807, 2.05) is 177 Å². The molecule has 13 aliphatic rings. The van der Waals surface area contributed by atoms with Crippen LogP contribution in [0.15, 0.2) is 288 Å². The molecule has 27 heteroatoms. The number of allylic oxidation sites excluding steroid dienone is 2. The van der Waals surface area contributed by atoms with Crippen molar-refractivity contribution in [2.45, 2.75) is 193 Å². The van der Waals surface area contributed by atoms with Crippen molar-refractivity contribution in [1.82, 2.24) is 106 Å². The van der Waals surface area contributed by atoms with E-state index in [1.165, 1.54) is 262 Å². The van der Waals surface area contributed by atoms with Crippen LogP contribution in [-0.4, -0.2) is 114 Å². The number of rotatable bonds is 0. The van der Waals surface area contributed by atoms with E-state index >= 15 is 0 Å². The summed E-state index contributed by atoms with van der Waals surface area (Å²) in [5.74, 6) is 2.20. The van der Waals surface area contributed by atoms with Crippen molar-refractivity contribution in [3.63, 3.8) is 0 Å². The van der Waals surface area contributed by atoms with E-state index in [0.29, 0.717) is 0 Å². The summed E-state index contributed by atoms with van der Waals surface area (Å²) < 4.78 is 9.99. The van der Waals surface area contributed by atoms with Crippen molar-refractivity contribution in [3.05, 3.63) is 364 Å². The van der Waals surface area contributed by atoms with Gasteiger partial charge in [0, 0.05) is 134 Å². The first-order valence-corrected chi connectivity index (χ1v) is 47.0. The smallest absolute Gasteiger partial charge is 0.181 e. The average Bonchev–Trinajstić information content (AvgIpc) is 1.40. The number of aromatic nitrogens is 19. The first kappa shape index (κ1) is 90.2. The number of aliphatic imine (C=N–C) groups is 1. The molecule has 0 saturated heterocycles. The van der Waals surface area contributed by atoms with Gasteiger partial charge in [-0.25, -0.2) is 45.3 Å². The summed E-state index contributed by atoms with van der Waals surface area (Å²) in [4.78, 5) is 52.1. The van der Waals surface area contributed by atoms with Crippen LogP contribution in [0.25, 0.3) is 43.5 Å². The number of hydrogen-bond acceptors (Lipinski definition) is 23. The number of para-hydroxylation sites is 5. The molecule has 1 fully saturated rings. The zero-order chi connectivity index (χ0) is 88.7. The van der Waals surface area contributed by atoms with Gasteiger partial charge >= 0.3 is 0 Å². The van der Waals surface area contributed by atoms with Gasteiger partial charge in [0.05, 0.1) is 94.0 Å². The first-order valence-electron chi connectivity index (χ1n) is 46.2. The predicted molar refractivity (Wildman–Crippen MR) is 519 cm³/mol. The van der Waals surface area contributed by atoms with E-state index in [9.17, 15) is 0 Å². The maximum atomic E-state index is 5.06. The zero-order valence-corrected chi connectivity index (χ0v) is 75.1. The van der Waals surface area contributed by atoms with Gasteiger partial charge in [0.2, 0.25) is 0 Å². The Bertz CT molecular complexity index is 5570. The van der Waals surface area contributed by atoms with Crippen LogP contribution in [0.1, 0.15) is 180 Å². The number of aromatic amines is 4. The quantitative estimate of drug-likeness (QED) is 0.0699. The number of pyridine rings is 1. The number of hydrazine groups is 1. The molecule has 0 spiro atoms. The lowest BCUT2D eigenvalue weighted by Gasteiger charge is -2.12. The summed E-state index contributed by atoms with van der Waals surface area (Å²) in [7, 11) is 0. The summed E-state index contributed by atoms with van der Waals surface area (Å²) in [6.45, 7) is 2.04. The van der Waals surface area contributed by atoms with Crippen LogP contribution in [0, 0.1) is 0 Å². The highest BCUT2D eigenvalue weighted by molar-refractivity contribution is 7.09. The number of nitrogens with zero attached hydrogens (tertiary/aromatic N) is 16. The van der Waals surface area contributed by atoms with E-state index in [4.69, 9.17) is 8.94 Å². The molecule has 12 aromatic heterocycles. The molecule has 0 atom stereocenters. The lowest BCUT2D eigenvalue weighted by molar-refractivity contribution is 0.386. The summed E-state index contributed by atoms with van der Waals surface area (Å²) in [5, 5.41) is 37.6. The average molecular weight is 1760 g/mol. The van der Waals surface area contributed by atoms with Crippen molar-refractivity contribution < 1.29 is 8.94 Å². The second-order valence-corrected chi connectivity index (χ2v) is 33.9. The van der Waals surface area contributed by atoms with Gasteiger partial charge in [-0.2, -0.15) is 20.4 Å². The van der Waals surface area contributed by atoms with Gasteiger partial charge < -0.3 is 40.0 Å². The number of fused-ring (bicyclic) bond motifs is 14. The van der Waals surface area contributed by atoms with Gasteiger partial charge in [-0.3, -0.25) is 15.1 Å². The van der Waals surface area contributed by atoms with Crippen molar-refractivity contribution in [3.8, 4) is 0 Å². The Hall–Kier alpha value is -14.2. The molecule has 30 rings (SSSR count). The van der Waals surface area contributed by atoms with Crippen LogP contribution in [0.2, 0.25) is 0 Å². The van der Waals surface area contributed by atoms with Gasteiger partial charge in [0.15, 0.2) is 6.39 Å². The Morgan fingerprint density at radius 3 is 1.81 bits per heavy atom. The van der Waals surface area contributed by atoms with E-state index in [2.05, 4.69) is 158 Å². The van der Waals surface area contributed by atoms with Crippen LogP contribution in [0.3, 0.4) is 0 Å². The minimum Gasteiger partial charge on any atom is -0.448 e. The monoisotopic (exact) mass is 1760 g/mol. The Morgan fingerprint density at radius 1 is 0.382 bits per heavy atom. The first-order chi connectivity index (χ1) is 65.0. The van der Waals surface area contributed by atoms with Crippen LogP contribution in [0.4, 0.5) is 11.4 Å². The molecule has 131 heavy (non-hydrogen) atoms. The fourth-order valence-corrected chi connectivity index (χ4v) is 18.1. The number of H-pyrrole nitrogens is 4. The molecule has 17 aromatic rings. The fourth-order valence-electron chi connectivity index (χ4n) is 17.3. The predicted octanol–water partition coefficient (Wildman–Crippen LogP) is 20.3. The van der Waals surface area contributed by atoms with Gasteiger partial charge in [0.1, 0.15) is 30.5 Å². The number of thiazole rings is 1. The number of nitrogens with one attached hydrogen (secondary N) is 8. The van der Waals surface area contributed by atoms with Crippen LogP contribution in [0.5, 0.6) is 0 Å². The van der Waals surface area contributed by atoms with Crippen LogP contribution < -0.4 is 21.5 Å². The number of oxazole rings is 1. The van der Waals surface area contributed by atoms with Gasteiger partial charge in [0.25, 0.3) is 0 Å². The molecule has 1 saturated carbocycles. The molecular weight excluding hydrogens is 1650 g/mol. The standard InChI is InChI=1S/2C8H6N2.C8H8N2.C8H9N.C8H7N.C7H8N2.C7H6N2.2C7H9N.C6H7N3.C6H8N2.C6H10N2.2C6H7NO.C6H7NS/c1-2-4-8-7(3-1)5-9-6-10-8;1-2-4-8-6-10-9-5-7(8)3-1;1-2-4-8-7(3-1)9-5-6-10-8;1-3-7-4-2-6-9-8(7)5-1;1-2-4-8-7(3-1)5-6-9-8;1-2-6-4-8-5-9-7(6)3-1;1-2-4-7-6(3-1)5-8-9-7;2*1-2-6-4-5-8-7(6)3-1;1-2-5-6(3-1)9-8-4-7-5;1-2-5-6(3-1)8-4-7-5;1-2-5-4-7-8-6(5)3-1;1-2-5-6(3-1)8-4-7-5;1-2-5-4-7-8-6(5)3-1;1-2-5-6(3-1)8-4-7-5/h2*1-6H;1-6,9-10H;2,4,6H,1,3,5H2;1-6,9H;4-5H,1-3H2;1-5H,(H,8,9);4H,1-3,5H2;4-5,8H,1-3H2;4H,1-3H2;4H,1-3H2,(H,7,8);7-8H,1-4H2;3*4H,1-3H2. The molecule has 26 nitrogen and oxygen atoms in total. The Balaban J connectivity index is 0.000000103. The van der Waals surface area contributed by atoms with E-state index < -0.39 is 0 Å². The molecule has 10 aliphatic carbocycles. The number of hydrogen-bond donors (Lipinski definition) is 8. The third-order valence-corrected chi connectivity index (χ3v) is 25.1. The number of anilines is 2. The SMILES string of the molecule is C1=C2CCCC2=NC1.C1=CNc2ccccc2N1.C1CC2=C(C1)NNC2.c1cc2c([nH]1)CCC2.c1ccc2[nH]ccc2c1.c1ccc2[nH]ncc2c1.c1ccc2cnncc2c1.c1ccc2ncncc2c1.c1cnc2c(c1)CCC2.c1nc2c([nH]1)CCC2.c1nc2c(o1)CCC2.c1nc2c(s1)CCC2.c1ncc2c(n1)CCC2.c1nnc2c(n1)CCC2.c1noc2c1CCC2. The van der Waals surface area contributed by atoms with Crippen molar-refractivity contribution >= 4 is 71.9 Å². The molecule has 0 radical (unpaired) electrons. The topological polar surface area (TPSA) is 343 Å². The molecule has 0 unspecified atom stereocenters. The molecule has 3 aliphatic heterocycles. The van der Waals surface area contributed by atoms with E-state index in [1.54, 1.807) is 48.3 Å². The highest BCUT2D eigenvalue weighted by Crippen LogP contribution is 2.30. The number of benzene rings is 5. The number of imidazole rings is 1.